The zero-order chi connectivity index (χ0) is 46.5. The van der Waals surface area contributed by atoms with Crippen molar-refractivity contribution in [3.63, 3.8) is 0 Å². The molecule has 0 spiro atoms. The van der Waals surface area contributed by atoms with Crippen molar-refractivity contribution in [3.05, 3.63) is 221 Å². The van der Waals surface area contributed by atoms with E-state index >= 15 is 0 Å². The largest absolute Gasteiger partial charge is 0.396 e. The average Bonchev–Trinajstić information content (AvgIpc) is 3.95. The van der Waals surface area contributed by atoms with E-state index < -0.39 is 0 Å². The number of nitrogens with two attached hydrogens (primary N) is 3. The van der Waals surface area contributed by atoms with E-state index in [9.17, 15) is 0 Å². The van der Waals surface area contributed by atoms with Gasteiger partial charge in [0.25, 0.3) is 0 Å². The summed E-state index contributed by atoms with van der Waals surface area (Å²) in [6, 6.07) is 52.1. The van der Waals surface area contributed by atoms with E-state index in [1.54, 1.807) is 36.9 Å². The second-order valence-corrected chi connectivity index (χ2v) is 16.7. The van der Waals surface area contributed by atoms with Gasteiger partial charge in [-0.1, -0.05) is 112 Å². The van der Waals surface area contributed by atoms with E-state index in [2.05, 4.69) is 109 Å². The lowest BCUT2D eigenvalue weighted by atomic mass is 10.1. The maximum Gasteiger partial charge on any atom is 0.123 e. The number of nitrogen functional groups attached to an aromatic ring is 3. The Balaban J connectivity index is 0.000000161. The van der Waals surface area contributed by atoms with Gasteiger partial charge in [-0.2, -0.15) is 0 Å². The smallest absolute Gasteiger partial charge is 0.123 e. The molecule has 67 heavy (non-hydrogen) atoms. The first-order valence-corrected chi connectivity index (χ1v) is 22.4. The molecule has 15 heteroatoms. The number of pyridine rings is 2. The maximum absolute atomic E-state index is 6.54. The van der Waals surface area contributed by atoms with Crippen molar-refractivity contribution in [1.29, 1.82) is 0 Å². The van der Waals surface area contributed by atoms with Gasteiger partial charge in [-0.3, -0.25) is 0 Å². The van der Waals surface area contributed by atoms with Crippen LogP contribution in [-0.2, 0) is 13.1 Å². The number of hydrogen-bond acceptors (Lipinski definition) is 10. The summed E-state index contributed by atoms with van der Waals surface area (Å²) in [7, 11) is 0. The van der Waals surface area contributed by atoms with Crippen molar-refractivity contribution in [2.75, 3.05) is 22.5 Å². The van der Waals surface area contributed by atoms with Crippen LogP contribution < -0.4 is 22.5 Å². The van der Waals surface area contributed by atoms with Crippen molar-refractivity contribution in [2.45, 2.75) is 13.1 Å². The Hall–Kier alpha value is -7.84. The predicted molar refractivity (Wildman–Crippen MR) is 276 cm³/mol. The van der Waals surface area contributed by atoms with E-state index in [1.165, 1.54) is 12.7 Å². The van der Waals surface area contributed by atoms with Crippen LogP contribution in [0.1, 0.15) is 11.4 Å². The second-order valence-electron chi connectivity index (χ2n) is 15.0. The molecule has 0 fully saturated rings. The number of hydrogen-bond donors (Lipinski definition) is 4. The van der Waals surface area contributed by atoms with Crippen molar-refractivity contribution >= 4 is 67.8 Å². The molecule has 0 saturated carbocycles. The van der Waals surface area contributed by atoms with E-state index in [1.807, 2.05) is 97.1 Å². The third-order valence-electron chi connectivity index (χ3n) is 10.3. The highest BCUT2D eigenvalue weighted by Crippen LogP contribution is 2.36. The number of aromatic nitrogens is 8. The van der Waals surface area contributed by atoms with Crippen LogP contribution in [0.25, 0.3) is 45.0 Å². The van der Waals surface area contributed by atoms with Gasteiger partial charge in [0.1, 0.15) is 24.3 Å². The summed E-state index contributed by atoms with van der Waals surface area (Å²) in [5.41, 5.74) is 29.6. The number of halogens is 3. The lowest BCUT2D eigenvalue weighted by Crippen LogP contribution is -2.06. The molecule has 0 saturated heterocycles. The molecule has 7 N–H and O–H groups in total. The molecule has 0 aliphatic heterocycles. The van der Waals surface area contributed by atoms with Gasteiger partial charge >= 0.3 is 0 Å². The topological polar surface area (TPSA) is 177 Å². The molecular weight excluding hydrogens is 943 g/mol. The van der Waals surface area contributed by atoms with Crippen LogP contribution in [0.3, 0.4) is 0 Å². The highest BCUT2D eigenvalue weighted by molar-refractivity contribution is 9.10. The molecule has 6 heterocycles. The van der Waals surface area contributed by atoms with Gasteiger partial charge in [0, 0.05) is 42.7 Å². The van der Waals surface area contributed by atoms with Crippen LogP contribution in [0.5, 0.6) is 0 Å². The molecular formula is C52H43BrCl2N12. The number of nitrogens with one attached hydrogen (secondary N) is 1. The van der Waals surface area contributed by atoms with Gasteiger partial charge in [-0.05, 0) is 96.1 Å². The number of nitrogens with zero attached hydrogens (tertiary/aromatic N) is 8. The lowest BCUT2D eigenvalue weighted by Gasteiger charge is -2.15. The Labute approximate surface area is 406 Å². The molecule has 0 atom stereocenters. The van der Waals surface area contributed by atoms with Crippen LogP contribution in [0.2, 0.25) is 10.0 Å². The van der Waals surface area contributed by atoms with E-state index in [0.717, 1.165) is 77.3 Å². The standard InChI is InChI=1S/C26H21ClN6.C22H17BrClN3.C4H5N3/c27-23-6-2-1-5-22(23)25-13-12-24(33(25)16-20-4-3-7-26(28)32-20)18-8-10-19(11-9-18)31-21-14-29-17-30-15-21;23-16-10-8-15(9-11-16)20-12-13-21(18-5-1-2-6-19(18)24)27(20)14-17-4-3-7-22(25)26-17;5-4-1-6-3-7-2-4/h1-15,17,31H,16H2,(H2,28,32);1-13H,14H2,(H2,25,26);1-3H,5H2. The zero-order valence-electron chi connectivity index (χ0n) is 35.8. The van der Waals surface area contributed by atoms with E-state index in [0.29, 0.717) is 35.4 Å². The normalized spacial score (nSPS) is 10.6. The van der Waals surface area contributed by atoms with Crippen molar-refractivity contribution in [1.82, 2.24) is 39.0 Å². The van der Waals surface area contributed by atoms with Crippen molar-refractivity contribution in [2.24, 2.45) is 0 Å². The van der Waals surface area contributed by atoms with Crippen LogP contribution in [-0.4, -0.2) is 39.0 Å². The average molecular weight is 987 g/mol. The fraction of sp³-hybridized carbons (Fsp3) is 0.0385. The van der Waals surface area contributed by atoms with Crippen molar-refractivity contribution < 1.29 is 0 Å². The molecule has 0 aliphatic rings. The van der Waals surface area contributed by atoms with Gasteiger partial charge in [-0.15, -0.1) is 0 Å². The molecule has 0 aliphatic carbocycles. The van der Waals surface area contributed by atoms with Crippen molar-refractivity contribution in [3.8, 4) is 45.0 Å². The molecule has 0 radical (unpaired) electrons. The summed E-state index contributed by atoms with van der Waals surface area (Å²) >= 11 is 16.5. The molecule has 6 aromatic heterocycles. The monoisotopic (exact) mass is 984 g/mol. The lowest BCUT2D eigenvalue weighted by molar-refractivity contribution is 0.797. The van der Waals surface area contributed by atoms with Gasteiger partial charge in [0.2, 0.25) is 0 Å². The second kappa shape index (κ2) is 21.9. The molecule has 10 aromatic rings. The summed E-state index contributed by atoms with van der Waals surface area (Å²) < 4.78 is 5.50. The minimum Gasteiger partial charge on any atom is -0.396 e. The number of anilines is 5. The first kappa shape index (κ1) is 45.7. The Bertz CT molecular complexity index is 3180. The Kier molecular flexibility index (Phi) is 14.9. The SMILES string of the molecule is Nc1cccc(Cn2c(-c3ccc(Br)cc3)ccc2-c2ccccc2Cl)n1.Nc1cccc(Cn2c(-c3ccc(Nc4cncnc4)cc3)ccc2-c2ccccc2Cl)n1.Nc1cncnc1. The third kappa shape index (κ3) is 11.9. The summed E-state index contributed by atoms with van der Waals surface area (Å²) in [6.45, 7) is 1.17. The van der Waals surface area contributed by atoms with Gasteiger partial charge < -0.3 is 31.7 Å². The Morgan fingerprint density at radius 3 is 1.31 bits per heavy atom. The number of benzene rings is 4. The minimum absolute atomic E-state index is 0.501. The van der Waals surface area contributed by atoms with Gasteiger partial charge in [0.05, 0.1) is 72.0 Å². The molecule has 4 aromatic carbocycles. The molecule has 332 valence electrons. The highest BCUT2D eigenvalue weighted by Gasteiger charge is 2.17. The molecule has 10 rings (SSSR count). The summed E-state index contributed by atoms with van der Waals surface area (Å²) in [5.74, 6) is 1.02. The fourth-order valence-electron chi connectivity index (χ4n) is 7.27. The maximum atomic E-state index is 6.54. The first-order chi connectivity index (χ1) is 32.7. The summed E-state index contributed by atoms with van der Waals surface area (Å²) in [5, 5.41) is 4.73. The zero-order valence-corrected chi connectivity index (χ0v) is 38.9. The summed E-state index contributed by atoms with van der Waals surface area (Å²) in [4.78, 5) is 24.3. The molecule has 0 amide bonds. The first-order valence-electron chi connectivity index (χ1n) is 20.9. The van der Waals surface area contributed by atoms with Crippen LogP contribution >= 0.6 is 39.1 Å². The highest BCUT2D eigenvalue weighted by atomic mass is 79.9. The van der Waals surface area contributed by atoms with Gasteiger partial charge in [0.15, 0.2) is 0 Å². The fourth-order valence-corrected chi connectivity index (χ4v) is 8.00. The summed E-state index contributed by atoms with van der Waals surface area (Å²) in [6.07, 6.45) is 9.52. The Morgan fingerprint density at radius 1 is 0.448 bits per heavy atom. The molecule has 12 nitrogen and oxygen atoms in total. The van der Waals surface area contributed by atoms with Gasteiger partial charge in [-0.25, -0.2) is 29.9 Å². The third-order valence-corrected chi connectivity index (χ3v) is 11.5. The van der Waals surface area contributed by atoms with Crippen LogP contribution in [0.4, 0.5) is 28.7 Å². The Morgan fingerprint density at radius 2 is 0.881 bits per heavy atom. The quantitative estimate of drug-likeness (QED) is 0.103. The predicted octanol–water partition coefficient (Wildman–Crippen LogP) is 12.4. The number of rotatable bonds is 10. The van der Waals surface area contributed by atoms with Crippen LogP contribution in [0.15, 0.2) is 200 Å². The van der Waals surface area contributed by atoms with E-state index in [4.69, 9.17) is 40.4 Å². The van der Waals surface area contributed by atoms with E-state index in [-0.39, 0.29) is 0 Å². The molecule has 0 unspecified atom stereocenters. The van der Waals surface area contributed by atoms with Crippen LogP contribution in [0, 0.1) is 0 Å². The molecule has 0 bridgehead atoms. The minimum atomic E-state index is 0.501.